The zero-order valence-electron chi connectivity index (χ0n) is 17.0. The van der Waals surface area contributed by atoms with Crippen LogP contribution in [-0.4, -0.2) is 21.8 Å². The first-order valence-electron chi connectivity index (χ1n) is 10.3. The highest BCUT2D eigenvalue weighted by atomic mass is 79.9. The van der Waals surface area contributed by atoms with Gasteiger partial charge in [-0.1, -0.05) is 83.5 Å². The number of hydrogen-bond acceptors (Lipinski definition) is 5. The molecule has 3 aromatic rings. The fourth-order valence-corrected chi connectivity index (χ4v) is 5.21. The molecule has 2 aliphatic heterocycles. The molecule has 7 heteroatoms. The number of carbonyl (C=O) groups excluding carboxylic acids is 1. The van der Waals surface area contributed by atoms with Crippen LogP contribution in [0.15, 0.2) is 75.2 Å². The van der Waals surface area contributed by atoms with Gasteiger partial charge in [0.05, 0.1) is 5.36 Å². The van der Waals surface area contributed by atoms with Crippen LogP contribution in [0.5, 0.6) is 0 Å². The van der Waals surface area contributed by atoms with Gasteiger partial charge in [-0.3, -0.25) is 15.1 Å². The Morgan fingerprint density at radius 1 is 1.13 bits per heavy atom. The molecular weight excluding hydrogens is 472 g/mol. The van der Waals surface area contributed by atoms with Crippen molar-refractivity contribution >= 4 is 55.2 Å². The molecule has 0 saturated carbocycles. The van der Waals surface area contributed by atoms with E-state index >= 15 is 0 Å². The Hall–Kier alpha value is -2.64. The molecule has 31 heavy (non-hydrogen) atoms. The van der Waals surface area contributed by atoms with Crippen molar-refractivity contribution in [1.82, 2.24) is 10.3 Å². The Morgan fingerprint density at radius 3 is 2.84 bits per heavy atom. The van der Waals surface area contributed by atoms with E-state index in [0.29, 0.717) is 10.9 Å². The van der Waals surface area contributed by atoms with Gasteiger partial charge in [0, 0.05) is 21.0 Å². The van der Waals surface area contributed by atoms with Crippen molar-refractivity contribution in [3.63, 3.8) is 0 Å². The lowest BCUT2D eigenvalue weighted by molar-refractivity contribution is -0.116. The van der Waals surface area contributed by atoms with Gasteiger partial charge < -0.3 is 0 Å². The number of hydrazone groups is 1. The third-order valence-corrected chi connectivity index (χ3v) is 6.85. The van der Waals surface area contributed by atoms with Gasteiger partial charge in [0.15, 0.2) is 11.3 Å². The number of amides is 1. The van der Waals surface area contributed by atoms with Crippen molar-refractivity contribution in [3.8, 4) is 0 Å². The monoisotopic (exact) mass is 492 g/mol. The predicted molar refractivity (Wildman–Crippen MR) is 130 cm³/mol. The van der Waals surface area contributed by atoms with E-state index in [4.69, 9.17) is 10.1 Å². The first-order chi connectivity index (χ1) is 15.2. The topological polar surface area (TPSA) is 57.1 Å². The molecule has 0 fully saturated rings. The normalized spacial score (nSPS) is 17.5. The van der Waals surface area contributed by atoms with Crippen molar-refractivity contribution in [1.29, 1.82) is 0 Å². The summed E-state index contributed by atoms with van der Waals surface area (Å²) in [5.41, 5.74) is 1.56. The number of hydrogen-bond donors (Lipinski definition) is 1. The first-order valence-corrected chi connectivity index (χ1v) is 12.1. The number of carbonyl (C=O) groups is 1. The first kappa shape index (κ1) is 20.3. The number of amidine groups is 1. The number of fused-ring (bicyclic) bond motifs is 3. The molecule has 1 N–H and O–H groups in total. The van der Waals surface area contributed by atoms with Crippen molar-refractivity contribution in [2.24, 2.45) is 10.1 Å². The Morgan fingerprint density at radius 2 is 1.97 bits per heavy atom. The molecule has 2 heterocycles. The van der Waals surface area contributed by atoms with Gasteiger partial charge in [0.25, 0.3) is 5.91 Å². The maximum atomic E-state index is 13.2. The molecule has 0 unspecified atom stereocenters. The summed E-state index contributed by atoms with van der Waals surface area (Å²) in [6.45, 7) is 2.16. The SMILES string of the molecule is CCCCSC1=NN2C(=c3cc(Br)ccc3=N[C@@H]2c2cccc3ccccc23)C(=O)N1. The molecule has 1 amide bonds. The quantitative estimate of drug-likeness (QED) is 0.553. The molecule has 0 saturated heterocycles. The third-order valence-electron chi connectivity index (χ3n) is 5.41. The van der Waals surface area contributed by atoms with Crippen LogP contribution in [0.2, 0.25) is 0 Å². The summed E-state index contributed by atoms with van der Waals surface area (Å²) < 4.78 is 0.900. The molecular formula is C24H21BrN4OS. The number of nitrogens with one attached hydrogen (secondary N) is 1. The van der Waals surface area contributed by atoms with Gasteiger partial charge in [-0.05, 0) is 35.4 Å². The molecule has 0 spiro atoms. The second kappa shape index (κ2) is 8.48. The lowest BCUT2D eigenvalue weighted by Crippen LogP contribution is -2.50. The van der Waals surface area contributed by atoms with E-state index in [1.807, 2.05) is 36.4 Å². The van der Waals surface area contributed by atoms with Gasteiger partial charge in [-0.25, -0.2) is 5.01 Å². The molecule has 1 atom stereocenters. The van der Waals surface area contributed by atoms with Crippen LogP contribution in [0.25, 0.3) is 16.5 Å². The zero-order chi connectivity index (χ0) is 21.4. The molecule has 0 bridgehead atoms. The Labute approximate surface area is 193 Å². The number of benzene rings is 3. The highest BCUT2D eigenvalue weighted by molar-refractivity contribution is 9.10. The summed E-state index contributed by atoms with van der Waals surface area (Å²) in [4.78, 5) is 18.3. The molecule has 156 valence electrons. The maximum absolute atomic E-state index is 13.2. The Bertz CT molecular complexity index is 1330. The highest BCUT2D eigenvalue weighted by Crippen LogP contribution is 2.34. The third kappa shape index (κ3) is 3.77. The largest absolute Gasteiger partial charge is 0.298 e. The van der Waals surface area contributed by atoms with Crippen LogP contribution in [0.4, 0.5) is 0 Å². The summed E-state index contributed by atoms with van der Waals surface area (Å²) in [6.07, 6.45) is 1.76. The number of nitrogens with zero attached hydrogens (tertiary/aromatic N) is 3. The van der Waals surface area contributed by atoms with E-state index in [2.05, 4.69) is 52.4 Å². The molecule has 3 aromatic carbocycles. The second-order valence-corrected chi connectivity index (χ2v) is 9.49. The average molecular weight is 493 g/mol. The zero-order valence-corrected chi connectivity index (χ0v) is 19.4. The minimum Gasteiger partial charge on any atom is -0.298 e. The molecule has 0 radical (unpaired) electrons. The van der Waals surface area contributed by atoms with Crippen LogP contribution < -0.4 is 15.9 Å². The summed E-state index contributed by atoms with van der Waals surface area (Å²) in [5.74, 6) is 0.769. The number of rotatable bonds is 4. The maximum Gasteiger partial charge on any atom is 0.276 e. The summed E-state index contributed by atoms with van der Waals surface area (Å²) >= 11 is 5.11. The van der Waals surface area contributed by atoms with Crippen LogP contribution in [0, 0.1) is 0 Å². The number of halogens is 1. The smallest absolute Gasteiger partial charge is 0.276 e. The molecule has 0 aliphatic carbocycles. The fourth-order valence-electron chi connectivity index (χ4n) is 3.91. The van der Waals surface area contributed by atoms with Gasteiger partial charge in [0.1, 0.15) is 5.70 Å². The van der Waals surface area contributed by atoms with E-state index < -0.39 is 6.17 Å². The number of thioether (sulfide) groups is 1. The van der Waals surface area contributed by atoms with E-state index in [1.165, 1.54) is 0 Å². The lowest BCUT2D eigenvalue weighted by Gasteiger charge is -2.34. The molecule has 2 aliphatic rings. The van der Waals surface area contributed by atoms with Gasteiger partial charge >= 0.3 is 0 Å². The van der Waals surface area contributed by atoms with Crippen LogP contribution in [0.1, 0.15) is 31.5 Å². The summed E-state index contributed by atoms with van der Waals surface area (Å²) in [7, 11) is 0. The molecule has 5 nitrogen and oxygen atoms in total. The lowest BCUT2D eigenvalue weighted by atomic mass is 10.0. The van der Waals surface area contributed by atoms with Gasteiger partial charge in [-0.2, -0.15) is 0 Å². The van der Waals surface area contributed by atoms with Gasteiger partial charge in [0.2, 0.25) is 0 Å². The van der Waals surface area contributed by atoms with Crippen LogP contribution in [0.3, 0.4) is 0 Å². The van der Waals surface area contributed by atoms with E-state index in [0.717, 1.165) is 50.0 Å². The van der Waals surface area contributed by atoms with Crippen molar-refractivity contribution < 1.29 is 4.79 Å². The summed E-state index contributed by atoms with van der Waals surface area (Å²) in [6, 6.07) is 20.3. The Balaban J connectivity index is 1.72. The minimum absolute atomic E-state index is 0.145. The van der Waals surface area contributed by atoms with Crippen LogP contribution >= 0.6 is 27.7 Å². The van der Waals surface area contributed by atoms with E-state index in [9.17, 15) is 4.79 Å². The predicted octanol–water partition coefficient (Wildman–Crippen LogP) is 4.28. The van der Waals surface area contributed by atoms with Crippen molar-refractivity contribution in [2.75, 3.05) is 5.75 Å². The van der Waals surface area contributed by atoms with Crippen LogP contribution in [-0.2, 0) is 4.79 Å². The standard InChI is InChI=1S/C24H21BrN4OS/c1-2-3-13-31-24-27-23(30)21-19-14-16(25)11-12-20(19)26-22(29(21)28-24)18-10-6-8-15-7-4-5-9-17(15)18/h4-12,14,22H,2-3,13H2,1H3,(H,27,28,30)/t22-/m0/s1. The minimum atomic E-state index is -0.414. The van der Waals surface area contributed by atoms with Crippen molar-refractivity contribution in [2.45, 2.75) is 25.9 Å². The fraction of sp³-hybridized carbons (Fsp3) is 0.208. The number of unbranched alkanes of at least 4 members (excludes halogenated alkanes) is 1. The summed E-state index contributed by atoms with van der Waals surface area (Å²) in [5, 5.41) is 14.1. The highest BCUT2D eigenvalue weighted by Gasteiger charge is 2.35. The second-order valence-electron chi connectivity index (χ2n) is 7.49. The van der Waals surface area contributed by atoms with E-state index in [-0.39, 0.29) is 5.91 Å². The van der Waals surface area contributed by atoms with Crippen molar-refractivity contribution in [3.05, 3.63) is 81.3 Å². The Kier molecular flexibility index (Phi) is 5.54. The van der Waals surface area contributed by atoms with Gasteiger partial charge in [-0.15, -0.1) is 5.10 Å². The molecule has 0 aromatic heterocycles. The van der Waals surface area contributed by atoms with E-state index in [1.54, 1.807) is 16.8 Å². The average Bonchev–Trinajstić information content (AvgIpc) is 2.78. The molecule has 5 rings (SSSR count).